The molecule has 0 aromatic heterocycles. The maximum atomic E-state index is 13.5. The SMILES string of the molecule is CN(Cc1ccccc1)C1(C(=O)NC[C@@H]2CCCCO2)Cc2ccccc2C1. The molecule has 2 aliphatic rings. The Bertz CT molecular complexity index is 774. The van der Waals surface area contributed by atoms with Crippen LogP contribution in [0.5, 0.6) is 0 Å². The summed E-state index contributed by atoms with van der Waals surface area (Å²) in [6.45, 7) is 2.17. The topological polar surface area (TPSA) is 41.6 Å². The van der Waals surface area contributed by atoms with Gasteiger partial charge in [-0.25, -0.2) is 0 Å². The Balaban J connectivity index is 1.52. The highest BCUT2D eigenvalue weighted by molar-refractivity contribution is 5.88. The Morgan fingerprint density at radius 1 is 1.07 bits per heavy atom. The van der Waals surface area contributed by atoms with E-state index in [1.54, 1.807) is 0 Å². The summed E-state index contributed by atoms with van der Waals surface area (Å²) in [6, 6.07) is 18.8. The lowest BCUT2D eigenvalue weighted by atomic mass is 9.91. The number of ether oxygens (including phenoxy) is 1. The number of hydrogen-bond acceptors (Lipinski definition) is 3. The first-order valence-electron chi connectivity index (χ1n) is 10.4. The number of fused-ring (bicyclic) bond motifs is 1. The van der Waals surface area contributed by atoms with Crippen molar-refractivity contribution in [3.63, 3.8) is 0 Å². The largest absolute Gasteiger partial charge is 0.376 e. The fraction of sp³-hybridized carbons (Fsp3) is 0.458. The molecule has 4 nitrogen and oxygen atoms in total. The lowest BCUT2D eigenvalue weighted by Gasteiger charge is -2.38. The predicted octanol–water partition coefficient (Wildman–Crippen LogP) is 3.34. The Kier molecular flexibility index (Phi) is 5.79. The minimum absolute atomic E-state index is 0.122. The van der Waals surface area contributed by atoms with Crippen molar-refractivity contribution in [2.24, 2.45) is 0 Å². The summed E-state index contributed by atoms with van der Waals surface area (Å²) in [4.78, 5) is 15.7. The standard InChI is InChI=1S/C24H30N2O2/c1-26(18-19-9-3-2-4-10-19)24(15-20-11-5-6-12-21(20)16-24)23(27)25-17-22-13-7-8-14-28-22/h2-6,9-12,22H,7-8,13-18H2,1H3,(H,25,27)/t22-/m0/s1. The Morgan fingerprint density at radius 3 is 2.39 bits per heavy atom. The number of likely N-dealkylation sites (N-methyl/N-ethyl adjacent to an activating group) is 1. The molecule has 1 amide bonds. The monoisotopic (exact) mass is 378 g/mol. The van der Waals surface area contributed by atoms with E-state index >= 15 is 0 Å². The normalized spacial score (nSPS) is 20.7. The van der Waals surface area contributed by atoms with Crippen molar-refractivity contribution >= 4 is 5.91 Å². The van der Waals surface area contributed by atoms with Gasteiger partial charge in [0.2, 0.25) is 5.91 Å². The van der Waals surface area contributed by atoms with Gasteiger partial charge in [0.15, 0.2) is 0 Å². The van der Waals surface area contributed by atoms with Gasteiger partial charge in [-0.05, 0) is 43.0 Å². The molecule has 0 saturated carbocycles. The number of hydrogen-bond donors (Lipinski definition) is 1. The highest BCUT2D eigenvalue weighted by atomic mass is 16.5. The zero-order chi connectivity index (χ0) is 19.4. The minimum Gasteiger partial charge on any atom is -0.376 e. The Morgan fingerprint density at radius 2 is 1.75 bits per heavy atom. The molecule has 4 heteroatoms. The molecule has 148 valence electrons. The minimum atomic E-state index is -0.547. The quantitative estimate of drug-likeness (QED) is 0.838. The van der Waals surface area contributed by atoms with Gasteiger partial charge in [0.05, 0.1) is 6.10 Å². The zero-order valence-electron chi connectivity index (χ0n) is 16.7. The van der Waals surface area contributed by atoms with Crippen molar-refractivity contribution in [2.75, 3.05) is 20.2 Å². The van der Waals surface area contributed by atoms with Crippen LogP contribution in [0, 0.1) is 0 Å². The molecule has 0 bridgehead atoms. The molecule has 1 fully saturated rings. The molecule has 2 aromatic rings. The van der Waals surface area contributed by atoms with Crippen molar-refractivity contribution in [3.8, 4) is 0 Å². The Labute approximate surface area is 167 Å². The molecule has 1 atom stereocenters. The van der Waals surface area contributed by atoms with Crippen LogP contribution in [-0.2, 0) is 28.9 Å². The first-order valence-corrected chi connectivity index (χ1v) is 10.4. The summed E-state index contributed by atoms with van der Waals surface area (Å²) in [7, 11) is 2.08. The highest BCUT2D eigenvalue weighted by Gasteiger charge is 2.47. The molecule has 0 spiro atoms. The molecule has 2 aromatic carbocycles. The fourth-order valence-corrected chi connectivity index (χ4v) is 4.55. The van der Waals surface area contributed by atoms with E-state index in [4.69, 9.17) is 4.74 Å². The van der Waals surface area contributed by atoms with Gasteiger partial charge in [0, 0.05) is 32.5 Å². The van der Waals surface area contributed by atoms with E-state index in [0.717, 1.165) is 38.8 Å². The summed E-state index contributed by atoms with van der Waals surface area (Å²) in [5.41, 5.74) is 3.25. The molecule has 0 radical (unpaired) electrons. The number of carbonyl (C=O) groups is 1. The van der Waals surface area contributed by atoms with Crippen molar-refractivity contribution in [1.29, 1.82) is 0 Å². The smallest absolute Gasteiger partial charge is 0.241 e. The third-order valence-corrected chi connectivity index (χ3v) is 6.26. The average Bonchev–Trinajstić information content (AvgIpc) is 3.14. The first kappa shape index (κ1) is 19.2. The fourth-order valence-electron chi connectivity index (χ4n) is 4.55. The average molecular weight is 379 g/mol. The van der Waals surface area contributed by atoms with Crippen molar-refractivity contribution in [2.45, 2.75) is 50.3 Å². The maximum absolute atomic E-state index is 13.5. The van der Waals surface area contributed by atoms with E-state index in [-0.39, 0.29) is 12.0 Å². The summed E-state index contributed by atoms with van der Waals surface area (Å²) in [6.07, 6.45) is 5.01. The maximum Gasteiger partial charge on any atom is 0.241 e. The molecule has 0 unspecified atom stereocenters. The van der Waals surface area contributed by atoms with Crippen LogP contribution in [0.3, 0.4) is 0 Å². The summed E-state index contributed by atoms with van der Waals surface area (Å²) < 4.78 is 5.81. The molecular weight excluding hydrogens is 348 g/mol. The molecule has 4 rings (SSSR count). The number of amides is 1. The van der Waals surface area contributed by atoms with Gasteiger partial charge in [0.1, 0.15) is 5.54 Å². The van der Waals surface area contributed by atoms with E-state index in [2.05, 4.69) is 65.8 Å². The number of benzene rings is 2. The summed E-state index contributed by atoms with van der Waals surface area (Å²) >= 11 is 0. The van der Waals surface area contributed by atoms with Gasteiger partial charge in [-0.2, -0.15) is 0 Å². The zero-order valence-corrected chi connectivity index (χ0v) is 16.7. The molecule has 1 heterocycles. The second-order valence-electron chi connectivity index (χ2n) is 8.19. The molecule has 1 aliphatic carbocycles. The lowest BCUT2D eigenvalue weighted by molar-refractivity contribution is -0.133. The van der Waals surface area contributed by atoms with Crippen LogP contribution in [0.4, 0.5) is 0 Å². The number of nitrogens with zero attached hydrogens (tertiary/aromatic N) is 1. The highest BCUT2D eigenvalue weighted by Crippen LogP contribution is 2.35. The van der Waals surface area contributed by atoms with Gasteiger partial charge in [0.25, 0.3) is 0 Å². The van der Waals surface area contributed by atoms with Gasteiger partial charge in [-0.3, -0.25) is 9.69 Å². The second-order valence-corrected chi connectivity index (χ2v) is 8.19. The van der Waals surface area contributed by atoms with Gasteiger partial charge < -0.3 is 10.1 Å². The summed E-state index contributed by atoms with van der Waals surface area (Å²) in [5, 5.41) is 3.23. The molecule has 1 N–H and O–H groups in total. The number of rotatable bonds is 6. The van der Waals surface area contributed by atoms with Crippen LogP contribution in [-0.4, -0.2) is 42.6 Å². The third kappa shape index (κ3) is 3.98. The predicted molar refractivity (Wildman–Crippen MR) is 111 cm³/mol. The van der Waals surface area contributed by atoms with E-state index < -0.39 is 5.54 Å². The van der Waals surface area contributed by atoms with Gasteiger partial charge in [-0.15, -0.1) is 0 Å². The van der Waals surface area contributed by atoms with Crippen molar-refractivity contribution < 1.29 is 9.53 Å². The van der Waals surface area contributed by atoms with Crippen LogP contribution in [0.15, 0.2) is 54.6 Å². The van der Waals surface area contributed by atoms with Gasteiger partial charge >= 0.3 is 0 Å². The third-order valence-electron chi connectivity index (χ3n) is 6.26. The summed E-state index contributed by atoms with van der Waals surface area (Å²) in [5.74, 6) is 0.122. The molecular formula is C24H30N2O2. The van der Waals surface area contributed by atoms with E-state index in [1.165, 1.54) is 23.1 Å². The van der Waals surface area contributed by atoms with Crippen molar-refractivity contribution in [1.82, 2.24) is 10.2 Å². The van der Waals surface area contributed by atoms with Crippen LogP contribution < -0.4 is 5.32 Å². The lowest BCUT2D eigenvalue weighted by Crippen LogP contribution is -2.59. The van der Waals surface area contributed by atoms with Gasteiger partial charge in [-0.1, -0.05) is 54.6 Å². The molecule has 1 aliphatic heterocycles. The second kappa shape index (κ2) is 8.46. The van der Waals surface area contributed by atoms with E-state index in [0.29, 0.717) is 6.54 Å². The first-order chi connectivity index (χ1) is 13.7. The number of nitrogens with one attached hydrogen (secondary N) is 1. The molecule has 1 saturated heterocycles. The molecule has 28 heavy (non-hydrogen) atoms. The van der Waals surface area contributed by atoms with E-state index in [9.17, 15) is 4.79 Å². The van der Waals surface area contributed by atoms with Crippen molar-refractivity contribution in [3.05, 3.63) is 71.3 Å². The number of carbonyl (C=O) groups excluding carboxylic acids is 1. The van der Waals surface area contributed by atoms with E-state index in [1.807, 2.05) is 6.07 Å². The van der Waals surface area contributed by atoms with Crippen LogP contribution in [0.1, 0.15) is 36.0 Å². The van der Waals surface area contributed by atoms with Crippen LogP contribution >= 0.6 is 0 Å². The van der Waals surface area contributed by atoms with Crippen LogP contribution in [0.2, 0.25) is 0 Å². The van der Waals surface area contributed by atoms with Crippen LogP contribution in [0.25, 0.3) is 0 Å². The Hall–Kier alpha value is -2.17.